The van der Waals surface area contributed by atoms with Crippen molar-refractivity contribution in [2.24, 2.45) is 0 Å². The Kier molecular flexibility index (Phi) is 6.17. The van der Waals surface area contributed by atoms with Crippen LogP contribution in [0, 0.1) is 0 Å². The predicted octanol–water partition coefficient (Wildman–Crippen LogP) is 7.24. The molecule has 0 fully saturated rings. The lowest BCUT2D eigenvalue weighted by Crippen LogP contribution is -2.02. The second kappa shape index (κ2) is 8.75. The normalized spacial score (nSPS) is 14.5. The molecule has 0 saturated heterocycles. The Morgan fingerprint density at radius 3 is 1.38 bits per heavy atom. The van der Waals surface area contributed by atoms with Gasteiger partial charge in [-0.2, -0.15) is 0 Å². The van der Waals surface area contributed by atoms with E-state index < -0.39 is 0 Å². The number of benzene rings is 2. The summed E-state index contributed by atoms with van der Waals surface area (Å²) in [5.74, 6) is 0. The maximum atomic E-state index is 11.2. The lowest BCUT2D eigenvalue weighted by molar-refractivity contribution is -0.345. The topological polar surface area (TPSA) is 25.3 Å². The van der Waals surface area contributed by atoms with Crippen LogP contribution in [0.4, 0.5) is 0 Å². The van der Waals surface area contributed by atoms with Gasteiger partial charge in [0, 0.05) is 22.3 Å². The highest BCUT2D eigenvalue weighted by Gasteiger charge is 2.34. The molecule has 0 radical (unpaired) electrons. The zero-order chi connectivity index (χ0) is 18.4. The third-order valence-corrected chi connectivity index (χ3v) is 5.01. The predicted molar refractivity (Wildman–Crippen MR) is 109 cm³/mol. The van der Waals surface area contributed by atoms with Crippen molar-refractivity contribution in [2.45, 2.75) is 52.4 Å². The van der Waals surface area contributed by atoms with Crippen LogP contribution in [0.2, 0.25) is 0 Å². The number of nitrogens with zero attached hydrogens (tertiary/aromatic N) is 2. The zero-order valence-corrected chi connectivity index (χ0v) is 15.9. The number of rotatable bonds is 8. The van der Waals surface area contributed by atoms with Crippen LogP contribution in [0.5, 0.6) is 0 Å². The van der Waals surface area contributed by atoms with Crippen molar-refractivity contribution >= 4 is 11.4 Å². The van der Waals surface area contributed by atoms with Gasteiger partial charge in [-0.3, -0.25) is 0 Å². The molecule has 134 valence electrons. The number of unbranched alkanes of at least 4 members (excludes halogenated alkanes) is 2. The highest BCUT2D eigenvalue weighted by Crippen LogP contribution is 2.44. The van der Waals surface area contributed by atoms with Gasteiger partial charge in [0.15, 0.2) is 0 Å². The van der Waals surface area contributed by atoms with Crippen LogP contribution in [-0.4, -0.2) is 4.70 Å². The van der Waals surface area contributed by atoms with Crippen molar-refractivity contribution < 1.29 is 4.70 Å². The van der Waals surface area contributed by atoms with Crippen molar-refractivity contribution in [1.82, 2.24) is 0 Å². The first-order valence-electron chi connectivity index (χ1n) is 9.84. The summed E-state index contributed by atoms with van der Waals surface area (Å²) < 4.78 is 1.45. The maximum absolute atomic E-state index is 11.2. The van der Waals surface area contributed by atoms with Crippen LogP contribution in [0.1, 0.15) is 63.5 Å². The fourth-order valence-electron chi connectivity index (χ4n) is 3.68. The Hall–Kier alpha value is -2.48. The molecule has 3 rings (SSSR count). The van der Waals surface area contributed by atoms with Crippen LogP contribution in [0.25, 0.3) is 16.9 Å². The lowest BCUT2D eigenvalue weighted by Gasteiger charge is -2.09. The molecule has 0 N–H and O–H groups in total. The summed E-state index contributed by atoms with van der Waals surface area (Å²) in [7, 11) is 0. The van der Waals surface area contributed by atoms with Gasteiger partial charge in [0.25, 0.3) is 0 Å². The zero-order valence-electron chi connectivity index (χ0n) is 15.9. The molecule has 0 amide bonds. The quantitative estimate of drug-likeness (QED) is 0.451. The van der Waals surface area contributed by atoms with Gasteiger partial charge in [-0.25, -0.2) is 4.70 Å². The molecule has 1 aliphatic rings. The molecule has 1 aliphatic heterocycles. The number of hydrogen-bond donors (Lipinski definition) is 0. The molecular formula is C24H28N2. The molecular weight excluding hydrogens is 316 g/mol. The number of hydrogen-bond acceptors (Lipinski definition) is 0. The first-order valence-corrected chi connectivity index (χ1v) is 9.84. The fourth-order valence-corrected chi connectivity index (χ4v) is 3.68. The summed E-state index contributed by atoms with van der Waals surface area (Å²) in [5, 5.41) is 0. The minimum atomic E-state index is 0.962. The SMILES string of the molecule is CCCCC1=C(c2ccccc2)[N+](=[N-])C(c2ccccc2)=C1CCCC. The van der Waals surface area contributed by atoms with Crippen LogP contribution in [0.15, 0.2) is 71.8 Å². The van der Waals surface area contributed by atoms with Gasteiger partial charge in [-0.05, 0) is 49.9 Å². The molecule has 0 spiro atoms. The Labute approximate surface area is 157 Å². The van der Waals surface area contributed by atoms with Crippen molar-refractivity contribution in [3.05, 3.63) is 88.5 Å². The molecule has 0 saturated carbocycles. The van der Waals surface area contributed by atoms with Gasteiger partial charge >= 0.3 is 0 Å². The maximum Gasteiger partial charge on any atom is 0.211 e. The molecule has 0 bridgehead atoms. The van der Waals surface area contributed by atoms with Crippen molar-refractivity contribution in [3.8, 4) is 0 Å². The molecule has 0 atom stereocenters. The van der Waals surface area contributed by atoms with E-state index in [1.807, 2.05) is 36.4 Å². The fraction of sp³-hybridized carbons (Fsp3) is 0.333. The van der Waals surface area contributed by atoms with E-state index in [-0.39, 0.29) is 0 Å². The Balaban J connectivity index is 2.15. The summed E-state index contributed by atoms with van der Waals surface area (Å²) in [4.78, 5) is 0. The van der Waals surface area contributed by atoms with E-state index in [1.165, 1.54) is 15.8 Å². The van der Waals surface area contributed by atoms with Crippen LogP contribution >= 0.6 is 0 Å². The molecule has 2 aromatic rings. The van der Waals surface area contributed by atoms with Crippen LogP contribution in [0.3, 0.4) is 0 Å². The highest BCUT2D eigenvalue weighted by atomic mass is 15.2. The molecule has 2 nitrogen and oxygen atoms in total. The van der Waals surface area contributed by atoms with Crippen molar-refractivity contribution in [1.29, 1.82) is 0 Å². The Morgan fingerprint density at radius 1 is 0.654 bits per heavy atom. The van der Waals surface area contributed by atoms with E-state index in [2.05, 4.69) is 38.1 Å². The molecule has 0 unspecified atom stereocenters. The third kappa shape index (κ3) is 3.70. The van der Waals surface area contributed by atoms with E-state index in [1.54, 1.807) is 0 Å². The summed E-state index contributed by atoms with van der Waals surface area (Å²) in [6, 6.07) is 20.6. The Morgan fingerprint density at radius 2 is 1.04 bits per heavy atom. The number of allylic oxidation sites excluding steroid dienone is 2. The van der Waals surface area contributed by atoms with Gasteiger partial charge in [0.1, 0.15) is 0 Å². The summed E-state index contributed by atoms with van der Waals surface area (Å²) in [6.45, 7) is 4.45. The second-order valence-electron chi connectivity index (χ2n) is 6.91. The minimum absolute atomic E-state index is 0.962. The van der Waals surface area contributed by atoms with E-state index >= 15 is 0 Å². The third-order valence-electron chi connectivity index (χ3n) is 5.01. The van der Waals surface area contributed by atoms with Crippen molar-refractivity contribution in [3.63, 3.8) is 0 Å². The van der Waals surface area contributed by atoms with Gasteiger partial charge < -0.3 is 5.53 Å². The smallest absolute Gasteiger partial charge is 0.211 e. The van der Waals surface area contributed by atoms with Gasteiger partial charge in [0.2, 0.25) is 11.4 Å². The van der Waals surface area contributed by atoms with Gasteiger partial charge in [-0.1, -0.05) is 63.1 Å². The second-order valence-corrected chi connectivity index (χ2v) is 6.91. The molecule has 0 aliphatic carbocycles. The molecule has 2 heteroatoms. The molecule has 2 aromatic carbocycles. The Bertz CT molecular complexity index is 744. The van der Waals surface area contributed by atoms with E-state index in [0.29, 0.717) is 0 Å². The van der Waals surface area contributed by atoms with Crippen molar-refractivity contribution in [2.75, 3.05) is 0 Å². The summed E-state index contributed by atoms with van der Waals surface area (Å²) in [5.41, 5.74) is 17.9. The van der Waals surface area contributed by atoms with Gasteiger partial charge in [-0.15, -0.1) is 0 Å². The van der Waals surface area contributed by atoms with E-state index in [9.17, 15) is 5.53 Å². The highest BCUT2D eigenvalue weighted by molar-refractivity contribution is 5.81. The summed E-state index contributed by atoms with van der Waals surface area (Å²) >= 11 is 0. The van der Waals surface area contributed by atoms with Crippen LogP contribution in [-0.2, 0) is 0 Å². The van der Waals surface area contributed by atoms with Crippen LogP contribution < -0.4 is 0 Å². The molecule has 0 aromatic heterocycles. The first kappa shape index (κ1) is 18.3. The first-order chi connectivity index (χ1) is 12.8. The molecule has 1 heterocycles. The lowest BCUT2D eigenvalue weighted by atomic mass is 9.92. The van der Waals surface area contributed by atoms with E-state index in [4.69, 9.17) is 0 Å². The standard InChI is InChI=1S/C24H28N2/c1-3-5-17-21-22(18-6-4-2)24(20-15-11-8-12-16-20)26(25)23(21)19-13-9-7-10-14-19/h7-16H,3-6,17-18H2,1-2H3. The van der Waals surface area contributed by atoms with E-state index in [0.717, 1.165) is 61.0 Å². The average molecular weight is 345 g/mol. The van der Waals surface area contributed by atoms with Gasteiger partial charge in [0.05, 0.1) is 0 Å². The largest absolute Gasteiger partial charge is 0.493 e. The minimum Gasteiger partial charge on any atom is -0.493 e. The summed E-state index contributed by atoms with van der Waals surface area (Å²) in [6.07, 6.45) is 6.59. The average Bonchev–Trinajstić information content (AvgIpc) is 2.97. The molecule has 26 heavy (non-hydrogen) atoms. The monoisotopic (exact) mass is 344 g/mol.